The van der Waals surface area contributed by atoms with E-state index in [2.05, 4.69) is 35.1 Å². The average Bonchev–Trinajstić information content (AvgIpc) is 2.98. The molecule has 0 spiro atoms. The SMILES string of the molecule is CCN(CC)Cc1ccccc1CNC(=O)c1[nH]c(C)c(C(=O)OC)c1C. The number of methoxy groups -OCH3 is 1. The Morgan fingerprint density at radius 2 is 1.74 bits per heavy atom. The van der Waals surface area contributed by atoms with Crippen molar-refractivity contribution in [3.63, 3.8) is 0 Å². The lowest BCUT2D eigenvalue weighted by Gasteiger charge is -2.20. The first-order chi connectivity index (χ1) is 12.9. The number of ether oxygens (including phenoxy) is 1. The van der Waals surface area contributed by atoms with Crippen LogP contribution in [0.4, 0.5) is 0 Å². The van der Waals surface area contributed by atoms with Crippen molar-refractivity contribution in [1.29, 1.82) is 0 Å². The number of hydrogen-bond donors (Lipinski definition) is 2. The molecular formula is C21H29N3O3. The highest BCUT2D eigenvalue weighted by Crippen LogP contribution is 2.19. The molecule has 146 valence electrons. The molecule has 27 heavy (non-hydrogen) atoms. The highest BCUT2D eigenvalue weighted by atomic mass is 16.5. The number of aromatic nitrogens is 1. The Bertz CT molecular complexity index is 807. The van der Waals surface area contributed by atoms with Crippen molar-refractivity contribution in [3.8, 4) is 0 Å². The lowest BCUT2D eigenvalue weighted by atomic mass is 10.1. The number of esters is 1. The zero-order chi connectivity index (χ0) is 20.0. The monoisotopic (exact) mass is 371 g/mol. The predicted octanol–water partition coefficient (Wildman–Crippen LogP) is 3.19. The first-order valence-electron chi connectivity index (χ1n) is 9.27. The summed E-state index contributed by atoms with van der Waals surface area (Å²) in [5.41, 5.74) is 4.35. The second-order valence-electron chi connectivity index (χ2n) is 6.53. The van der Waals surface area contributed by atoms with Gasteiger partial charge in [0, 0.05) is 18.8 Å². The van der Waals surface area contributed by atoms with Gasteiger partial charge in [-0.1, -0.05) is 38.1 Å². The molecule has 0 aliphatic heterocycles. The maximum atomic E-state index is 12.7. The molecule has 2 N–H and O–H groups in total. The van der Waals surface area contributed by atoms with E-state index in [1.165, 1.54) is 12.7 Å². The van der Waals surface area contributed by atoms with Crippen molar-refractivity contribution in [3.05, 3.63) is 57.9 Å². The van der Waals surface area contributed by atoms with Crippen LogP contribution in [0.3, 0.4) is 0 Å². The summed E-state index contributed by atoms with van der Waals surface area (Å²) in [5.74, 6) is -0.673. The van der Waals surface area contributed by atoms with Crippen LogP contribution < -0.4 is 5.32 Å². The third-order valence-electron chi connectivity index (χ3n) is 4.90. The Hall–Kier alpha value is -2.60. The van der Waals surface area contributed by atoms with Gasteiger partial charge in [-0.3, -0.25) is 9.69 Å². The summed E-state index contributed by atoms with van der Waals surface area (Å²) in [6, 6.07) is 8.13. The van der Waals surface area contributed by atoms with E-state index in [-0.39, 0.29) is 5.91 Å². The third-order valence-corrected chi connectivity index (χ3v) is 4.90. The standard InChI is InChI=1S/C21H29N3O3/c1-6-24(7-2)13-17-11-9-8-10-16(17)12-22-20(25)19-14(3)18(15(4)23-19)21(26)27-5/h8-11,23H,6-7,12-13H2,1-5H3,(H,22,25). The van der Waals surface area contributed by atoms with Crippen LogP contribution in [0.15, 0.2) is 24.3 Å². The average molecular weight is 371 g/mol. The van der Waals surface area contributed by atoms with Gasteiger partial charge in [0.05, 0.1) is 12.7 Å². The molecule has 0 fully saturated rings. The fraction of sp³-hybridized carbons (Fsp3) is 0.429. The van der Waals surface area contributed by atoms with Crippen molar-refractivity contribution < 1.29 is 14.3 Å². The minimum atomic E-state index is -0.440. The number of nitrogens with zero attached hydrogens (tertiary/aromatic N) is 1. The number of nitrogens with one attached hydrogen (secondary N) is 2. The van der Waals surface area contributed by atoms with Gasteiger partial charge in [-0.05, 0) is 43.6 Å². The summed E-state index contributed by atoms with van der Waals surface area (Å²) >= 11 is 0. The number of H-pyrrole nitrogens is 1. The Kier molecular flexibility index (Phi) is 7.19. The molecule has 6 nitrogen and oxygen atoms in total. The summed E-state index contributed by atoms with van der Waals surface area (Å²) in [4.78, 5) is 29.9. The molecular weight excluding hydrogens is 342 g/mol. The predicted molar refractivity (Wildman–Crippen MR) is 106 cm³/mol. The minimum absolute atomic E-state index is 0.233. The molecule has 1 aromatic carbocycles. The number of aromatic amines is 1. The van der Waals surface area contributed by atoms with Gasteiger partial charge >= 0.3 is 5.97 Å². The lowest BCUT2D eigenvalue weighted by Crippen LogP contribution is -2.26. The van der Waals surface area contributed by atoms with Crippen molar-refractivity contribution in [2.24, 2.45) is 0 Å². The summed E-state index contributed by atoms with van der Waals surface area (Å²) in [6.45, 7) is 11.0. The van der Waals surface area contributed by atoms with E-state index < -0.39 is 5.97 Å². The molecule has 0 atom stereocenters. The van der Waals surface area contributed by atoms with Gasteiger partial charge in [-0.2, -0.15) is 0 Å². The number of carbonyl (C=O) groups excluding carboxylic acids is 2. The molecule has 0 unspecified atom stereocenters. The smallest absolute Gasteiger partial charge is 0.339 e. The second-order valence-corrected chi connectivity index (χ2v) is 6.53. The number of amides is 1. The molecule has 2 aromatic rings. The van der Waals surface area contributed by atoms with E-state index in [0.717, 1.165) is 25.2 Å². The summed E-state index contributed by atoms with van der Waals surface area (Å²) in [6.07, 6.45) is 0. The van der Waals surface area contributed by atoms with Crippen LogP contribution in [0.1, 0.15) is 57.1 Å². The van der Waals surface area contributed by atoms with E-state index >= 15 is 0 Å². The topological polar surface area (TPSA) is 74.4 Å². The molecule has 0 saturated carbocycles. The lowest BCUT2D eigenvalue weighted by molar-refractivity contribution is 0.0599. The molecule has 1 heterocycles. The van der Waals surface area contributed by atoms with Crippen LogP contribution in [0.25, 0.3) is 0 Å². The van der Waals surface area contributed by atoms with Crippen LogP contribution in [-0.4, -0.2) is 42.0 Å². The van der Waals surface area contributed by atoms with Gasteiger partial charge in [0.2, 0.25) is 0 Å². The van der Waals surface area contributed by atoms with Crippen LogP contribution in [0.5, 0.6) is 0 Å². The molecule has 2 rings (SSSR count). The number of benzene rings is 1. The summed E-state index contributed by atoms with van der Waals surface area (Å²) < 4.78 is 4.80. The number of hydrogen-bond acceptors (Lipinski definition) is 4. The number of carbonyl (C=O) groups is 2. The van der Waals surface area contributed by atoms with Crippen molar-refractivity contribution in [1.82, 2.24) is 15.2 Å². The number of aryl methyl sites for hydroxylation is 1. The van der Waals surface area contributed by atoms with Crippen LogP contribution in [0, 0.1) is 13.8 Å². The molecule has 1 aromatic heterocycles. The Balaban J connectivity index is 2.14. The first-order valence-corrected chi connectivity index (χ1v) is 9.27. The normalized spacial score (nSPS) is 10.9. The van der Waals surface area contributed by atoms with Crippen LogP contribution in [0.2, 0.25) is 0 Å². The van der Waals surface area contributed by atoms with E-state index in [4.69, 9.17) is 4.74 Å². The Morgan fingerprint density at radius 3 is 2.33 bits per heavy atom. The zero-order valence-electron chi connectivity index (χ0n) is 16.8. The fourth-order valence-electron chi connectivity index (χ4n) is 3.22. The molecule has 0 radical (unpaired) electrons. The minimum Gasteiger partial charge on any atom is -0.465 e. The van der Waals surface area contributed by atoms with E-state index in [9.17, 15) is 9.59 Å². The highest BCUT2D eigenvalue weighted by Gasteiger charge is 2.22. The number of rotatable bonds is 8. The van der Waals surface area contributed by atoms with E-state index in [1.54, 1.807) is 13.8 Å². The largest absolute Gasteiger partial charge is 0.465 e. The molecule has 0 bridgehead atoms. The molecule has 6 heteroatoms. The van der Waals surface area contributed by atoms with Gasteiger partial charge in [0.15, 0.2) is 0 Å². The molecule has 0 aliphatic carbocycles. The Morgan fingerprint density at radius 1 is 1.11 bits per heavy atom. The van der Waals surface area contributed by atoms with Gasteiger partial charge in [-0.25, -0.2) is 4.79 Å². The van der Waals surface area contributed by atoms with Gasteiger partial charge in [0.25, 0.3) is 5.91 Å². The second kappa shape index (κ2) is 9.37. The maximum absolute atomic E-state index is 12.7. The van der Waals surface area contributed by atoms with Crippen LogP contribution in [-0.2, 0) is 17.8 Å². The quantitative estimate of drug-likeness (QED) is 0.699. The van der Waals surface area contributed by atoms with E-state index in [1.807, 2.05) is 18.2 Å². The van der Waals surface area contributed by atoms with Crippen LogP contribution >= 0.6 is 0 Å². The third kappa shape index (κ3) is 4.77. The summed E-state index contributed by atoms with van der Waals surface area (Å²) in [7, 11) is 1.33. The maximum Gasteiger partial charge on any atom is 0.339 e. The fourth-order valence-corrected chi connectivity index (χ4v) is 3.22. The molecule has 0 aliphatic rings. The van der Waals surface area contributed by atoms with Gasteiger partial charge < -0.3 is 15.0 Å². The molecule has 1 amide bonds. The van der Waals surface area contributed by atoms with E-state index in [0.29, 0.717) is 29.1 Å². The van der Waals surface area contributed by atoms with Gasteiger partial charge in [0.1, 0.15) is 5.69 Å². The van der Waals surface area contributed by atoms with Crippen molar-refractivity contribution in [2.75, 3.05) is 20.2 Å². The van der Waals surface area contributed by atoms with Gasteiger partial charge in [-0.15, -0.1) is 0 Å². The molecule has 0 saturated heterocycles. The summed E-state index contributed by atoms with van der Waals surface area (Å²) in [5, 5.41) is 2.96. The Labute approximate surface area is 160 Å². The van der Waals surface area contributed by atoms with Crippen molar-refractivity contribution in [2.45, 2.75) is 40.8 Å². The first kappa shape index (κ1) is 20.7. The van der Waals surface area contributed by atoms with Crippen molar-refractivity contribution >= 4 is 11.9 Å². The zero-order valence-corrected chi connectivity index (χ0v) is 16.8. The highest BCUT2D eigenvalue weighted by molar-refractivity contribution is 6.00.